The molecule has 4 nitrogen and oxygen atoms in total. The fraction of sp³-hybridized carbons (Fsp3) is 0.650. The van der Waals surface area contributed by atoms with Crippen LogP contribution in [0, 0.1) is 5.92 Å². The number of nitrogens with zero attached hydrogens (tertiary/aromatic N) is 3. The van der Waals surface area contributed by atoms with E-state index in [9.17, 15) is 0 Å². The minimum Gasteiger partial charge on any atom is -0.352 e. The lowest BCUT2D eigenvalue weighted by Crippen LogP contribution is -2.40. The fourth-order valence-corrected chi connectivity index (χ4v) is 3.60. The lowest BCUT2D eigenvalue weighted by atomic mass is 10.1. The predicted molar refractivity (Wildman–Crippen MR) is 119 cm³/mol. The van der Waals surface area contributed by atoms with Crippen molar-refractivity contribution in [1.29, 1.82) is 0 Å². The first-order chi connectivity index (χ1) is 11.7. The Balaban J connectivity index is 0.00000312. The normalized spacial score (nSPS) is 17.7. The Bertz CT molecular complexity index is 528. The highest BCUT2D eigenvalue weighted by Gasteiger charge is 2.25. The number of aryl methyl sites for hydroxylation is 1. The lowest BCUT2D eigenvalue weighted by Gasteiger charge is -2.24. The third kappa shape index (κ3) is 6.44. The SMILES string of the molecule is CCc1ccccc1CNC(=NC)N1CCC(CN(CC)CC)C1.I. The summed E-state index contributed by atoms with van der Waals surface area (Å²) in [6, 6.07) is 8.67. The summed E-state index contributed by atoms with van der Waals surface area (Å²) in [7, 11) is 1.89. The van der Waals surface area contributed by atoms with Gasteiger partial charge in [-0.1, -0.05) is 45.0 Å². The van der Waals surface area contributed by atoms with Gasteiger partial charge >= 0.3 is 0 Å². The highest BCUT2D eigenvalue weighted by atomic mass is 127. The van der Waals surface area contributed by atoms with Crippen LogP contribution in [0.15, 0.2) is 29.3 Å². The maximum absolute atomic E-state index is 4.51. The number of likely N-dealkylation sites (tertiary alicyclic amines) is 1. The van der Waals surface area contributed by atoms with Gasteiger partial charge in [-0.3, -0.25) is 4.99 Å². The topological polar surface area (TPSA) is 30.9 Å². The van der Waals surface area contributed by atoms with E-state index in [2.05, 4.69) is 65.1 Å². The molecule has 1 heterocycles. The number of rotatable bonds is 7. The zero-order valence-electron chi connectivity index (χ0n) is 16.3. The highest BCUT2D eigenvalue weighted by molar-refractivity contribution is 14.0. The molecule has 1 unspecified atom stereocenters. The van der Waals surface area contributed by atoms with Crippen LogP contribution in [0.3, 0.4) is 0 Å². The molecule has 142 valence electrons. The molecule has 1 aliphatic rings. The van der Waals surface area contributed by atoms with Crippen LogP contribution in [-0.4, -0.2) is 55.5 Å². The molecular formula is C20H35IN4. The minimum absolute atomic E-state index is 0. The first-order valence-electron chi connectivity index (χ1n) is 9.46. The molecule has 0 aliphatic carbocycles. The van der Waals surface area contributed by atoms with E-state index in [0.717, 1.165) is 51.0 Å². The molecule has 5 heteroatoms. The molecule has 25 heavy (non-hydrogen) atoms. The Morgan fingerprint density at radius 3 is 2.48 bits per heavy atom. The Morgan fingerprint density at radius 2 is 1.88 bits per heavy atom. The van der Waals surface area contributed by atoms with E-state index in [0.29, 0.717) is 0 Å². The summed E-state index contributed by atoms with van der Waals surface area (Å²) in [6.45, 7) is 13.3. The lowest BCUT2D eigenvalue weighted by molar-refractivity contribution is 0.255. The van der Waals surface area contributed by atoms with Crippen LogP contribution < -0.4 is 5.32 Å². The summed E-state index contributed by atoms with van der Waals surface area (Å²) >= 11 is 0. The standard InChI is InChI=1S/C20H34N4.HI/c1-5-18-10-8-9-11-19(18)14-22-20(21-4)24-13-12-17(16-24)15-23(6-2)7-3;/h8-11,17H,5-7,12-16H2,1-4H3,(H,21,22);1H. The molecule has 1 atom stereocenters. The van der Waals surface area contributed by atoms with Crippen molar-refractivity contribution in [3.05, 3.63) is 35.4 Å². The van der Waals surface area contributed by atoms with Gasteiger partial charge in [-0.15, -0.1) is 24.0 Å². The summed E-state index contributed by atoms with van der Waals surface area (Å²) in [4.78, 5) is 9.46. The van der Waals surface area contributed by atoms with Gasteiger partial charge in [0.2, 0.25) is 0 Å². The molecule has 0 bridgehead atoms. The Labute approximate surface area is 171 Å². The fourth-order valence-electron chi connectivity index (χ4n) is 3.60. The zero-order valence-corrected chi connectivity index (χ0v) is 18.6. The third-order valence-electron chi connectivity index (χ3n) is 5.14. The van der Waals surface area contributed by atoms with Gasteiger partial charge in [0.25, 0.3) is 0 Å². The van der Waals surface area contributed by atoms with Gasteiger partial charge in [-0.25, -0.2) is 0 Å². The molecule has 0 aromatic heterocycles. The maximum atomic E-state index is 4.51. The molecule has 1 fully saturated rings. The van der Waals surface area contributed by atoms with Crippen LogP contribution in [0.2, 0.25) is 0 Å². The smallest absolute Gasteiger partial charge is 0.193 e. The van der Waals surface area contributed by atoms with Gasteiger partial charge in [-0.2, -0.15) is 0 Å². The van der Waals surface area contributed by atoms with E-state index >= 15 is 0 Å². The number of aliphatic imine (C=N–C) groups is 1. The van der Waals surface area contributed by atoms with Gasteiger partial charge < -0.3 is 15.1 Å². The second-order valence-corrected chi connectivity index (χ2v) is 6.61. The number of halogens is 1. The van der Waals surface area contributed by atoms with Crippen LogP contribution in [0.4, 0.5) is 0 Å². The van der Waals surface area contributed by atoms with Crippen molar-refractivity contribution in [3.63, 3.8) is 0 Å². The van der Waals surface area contributed by atoms with Crippen molar-refractivity contribution in [1.82, 2.24) is 15.1 Å². The van der Waals surface area contributed by atoms with Gasteiger partial charge in [0, 0.05) is 33.2 Å². The Kier molecular flexibility index (Phi) is 10.4. The highest BCUT2D eigenvalue weighted by Crippen LogP contribution is 2.18. The van der Waals surface area contributed by atoms with Crippen LogP contribution in [0.5, 0.6) is 0 Å². The van der Waals surface area contributed by atoms with E-state index in [1.54, 1.807) is 0 Å². The van der Waals surface area contributed by atoms with Crippen LogP contribution in [0.25, 0.3) is 0 Å². The molecule has 1 saturated heterocycles. The van der Waals surface area contributed by atoms with E-state index < -0.39 is 0 Å². The second kappa shape index (κ2) is 11.7. The van der Waals surface area contributed by atoms with Gasteiger partial charge in [-0.05, 0) is 43.0 Å². The summed E-state index contributed by atoms with van der Waals surface area (Å²) in [5.74, 6) is 1.80. The monoisotopic (exact) mass is 458 g/mol. The first-order valence-corrected chi connectivity index (χ1v) is 9.46. The maximum Gasteiger partial charge on any atom is 0.193 e. The molecular weight excluding hydrogens is 423 g/mol. The molecule has 0 radical (unpaired) electrons. The summed E-state index contributed by atoms with van der Waals surface area (Å²) in [5, 5.41) is 3.57. The van der Waals surface area contributed by atoms with E-state index in [1.807, 2.05) is 7.05 Å². The number of hydrogen-bond donors (Lipinski definition) is 1. The molecule has 0 saturated carbocycles. The molecule has 1 aromatic carbocycles. The van der Waals surface area contributed by atoms with Crippen molar-refractivity contribution < 1.29 is 0 Å². The van der Waals surface area contributed by atoms with Gasteiger partial charge in [0.1, 0.15) is 0 Å². The van der Waals surface area contributed by atoms with E-state index in [4.69, 9.17) is 0 Å². The van der Waals surface area contributed by atoms with Crippen molar-refractivity contribution in [2.75, 3.05) is 39.8 Å². The zero-order chi connectivity index (χ0) is 17.4. The molecule has 2 rings (SSSR count). The summed E-state index contributed by atoms with van der Waals surface area (Å²) in [6.07, 6.45) is 2.34. The molecule has 1 aromatic rings. The molecule has 1 aliphatic heterocycles. The Hall–Kier alpha value is -0.820. The largest absolute Gasteiger partial charge is 0.352 e. The quantitative estimate of drug-likeness (QED) is 0.385. The summed E-state index contributed by atoms with van der Waals surface area (Å²) in [5.41, 5.74) is 2.79. The van der Waals surface area contributed by atoms with Crippen molar-refractivity contribution in [3.8, 4) is 0 Å². The van der Waals surface area contributed by atoms with Gasteiger partial charge in [0.05, 0.1) is 0 Å². The van der Waals surface area contributed by atoms with Crippen LogP contribution >= 0.6 is 24.0 Å². The van der Waals surface area contributed by atoms with E-state index in [1.165, 1.54) is 24.1 Å². The first kappa shape index (κ1) is 22.2. The van der Waals surface area contributed by atoms with E-state index in [-0.39, 0.29) is 24.0 Å². The number of hydrogen-bond acceptors (Lipinski definition) is 2. The number of guanidine groups is 1. The molecule has 1 N–H and O–H groups in total. The second-order valence-electron chi connectivity index (χ2n) is 6.61. The van der Waals surface area contributed by atoms with Crippen LogP contribution in [-0.2, 0) is 13.0 Å². The van der Waals surface area contributed by atoms with Crippen molar-refractivity contribution in [2.24, 2.45) is 10.9 Å². The number of nitrogens with one attached hydrogen (secondary N) is 1. The van der Waals surface area contributed by atoms with Crippen molar-refractivity contribution in [2.45, 2.75) is 40.2 Å². The average molecular weight is 458 g/mol. The average Bonchev–Trinajstić information content (AvgIpc) is 3.09. The molecule has 0 amide bonds. The predicted octanol–water partition coefficient (Wildman–Crippen LogP) is 3.61. The Morgan fingerprint density at radius 1 is 1.20 bits per heavy atom. The van der Waals surface area contributed by atoms with Gasteiger partial charge in [0.15, 0.2) is 5.96 Å². The number of benzene rings is 1. The van der Waals surface area contributed by atoms with Crippen molar-refractivity contribution >= 4 is 29.9 Å². The molecule has 0 spiro atoms. The summed E-state index contributed by atoms with van der Waals surface area (Å²) < 4.78 is 0. The minimum atomic E-state index is 0. The third-order valence-corrected chi connectivity index (χ3v) is 5.14. The van der Waals surface area contributed by atoms with Crippen LogP contribution in [0.1, 0.15) is 38.3 Å².